The second-order valence-electron chi connectivity index (χ2n) is 5.32. The number of halogens is 5. The first-order valence-electron chi connectivity index (χ1n) is 7.26. The molecule has 0 fully saturated rings. The highest BCUT2D eigenvalue weighted by atomic mass is 19.4. The molecular formula is C15H19F5N4O. The molecule has 1 aromatic rings. The third kappa shape index (κ3) is 6.94. The van der Waals surface area contributed by atoms with Gasteiger partial charge in [0.2, 0.25) is 5.91 Å². The maximum absolute atomic E-state index is 13.7. The summed E-state index contributed by atoms with van der Waals surface area (Å²) in [6.07, 6.45) is -4.49. The average Bonchev–Trinajstić information content (AvgIpc) is 2.48. The van der Waals surface area contributed by atoms with E-state index in [0.717, 1.165) is 19.2 Å². The third-order valence-electron chi connectivity index (χ3n) is 3.26. The Labute approximate surface area is 141 Å². The maximum atomic E-state index is 13.7. The number of likely N-dealkylation sites (N-methyl/N-ethyl adjacent to an activating group) is 1. The van der Waals surface area contributed by atoms with E-state index in [4.69, 9.17) is 0 Å². The van der Waals surface area contributed by atoms with Crippen molar-refractivity contribution in [2.24, 2.45) is 4.99 Å². The predicted octanol–water partition coefficient (Wildman–Crippen LogP) is 2.21. The number of nitrogens with one attached hydrogen (secondary N) is 2. The van der Waals surface area contributed by atoms with Crippen LogP contribution in [0.5, 0.6) is 0 Å². The summed E-state index contributed by atoms with van der Waals surface area (Å²) in [4.78, 5) is 16.0. The molecule has 1 aromatic carbocycles. The first kappa shape index (κ1) is 20.7. The molecule has 140 valence electrons. The highest BCUT2D eigenvalue weighted by Gasteiger charge is 2.31. The van der Waals surface area contributed by atoms with Gasteiger partial charge in [0.25, 0.3) is 0 Å². The van der Waals surface area contributed by atoms with Gasteiger partial charge in [-0.15, -0.1) is 0 Å². The van der Waals surface area contributed by atoms with Crippen LogP contribution in [0.2, 0.25) is 0 Å². The van der Waals surface area contributed by atoms with E-state index in [1.54, 1.807) is 6.92 Å². The van der Waals surface area contributed by atoms with E-state index in [-0.39, 0.29) is 11.5 Å². The summed E-state index contributed by atoms with van der Waals surface area (Å²) in [7, 11) is 2.41. The van der Waals surface area contributed by atoms with E-state index in [9.17, 15) is 26.7 Å². The van der Waals surface area contributed by atoms with E-state index >= 15 is 0 Å². The van der Waals surface area contributed by atoms with Crippen molar-refractivity contribution < 1.29 is 26.7 Å². The van der Waals surface area contributed by atoms with Crippen molar-refractivity contribution in [3.63, 3.8) is 0 Å². The SMILES string of the molecule is CN=C(NCC(=O)N(C)CC(F)(F)F)NC(C)c1ccc(F)cc1F. The van der Waals surface area contributed by atoms with Gasteiger partial charge in [-0.1, -0.05) is 6.07 Å². The molecule has 2 N–H and O–H groups in total. The molecule has 1 atom stereocenters. The summed E-state index contributed by atoms with van der Waals surface area (Å²) >= 11 is 0. The van der Waals surface area contributed by atoms with Crippen molar-refractivity contribution in [1.82, 2.24) is 15.5 Å². The Hall–Kier alpha value is -2.39. The van der Waals surface area contributed by atoms with Crippen LogP contribution in [0.3, 0.4) is 0 Å². The number of hydrogen-bond donors (Lipinski definition) is 2. The number of guanidine groups is 1. The highest BCUT2D eigenvalue weighted by molar-refractivity contribution is 5.86. The Balaban J connectivity index is 2.61. The minimum absolute atomic E-state index is 0.0879. The van der Waals surface area contributed by atoms with Crippen LogP contribution in [0.1, 0.15) is 18.5 Å². The van der Waals surface area contributed by atoms with Gasteiger partial charge in [0, 0.05) is 25.7 Å². The van der Waals surface area contributed by atoms with Gasteiger partial charge in [0.15, 0.2) is 5.96 Å². The number of benzene rings is 1. The Morgan fingerprint density at radius 1 is 1.32 bits per heavy atom. The molecule has 10 heteroatoms. The van der Waals surface area contributed by atoms with Crippen molar-refractivity contribution in [2.45, 2.75) is 19.1 Å². The minimum Gasteiger partial charge on any atom is -0.350 e. The van der Waals surface area contributed by atoms with Gasteiger partial charge in [-0.3, -0.25) is 9.79 Å². The lowest BCUT2D eigenvalue weighted by atomic mass is 10.1. The molecule has 0 saturated carbocycles. The number of rotatable bonds is 5. The van der Waals surface area contributed by atoms with E-state index in [1.807, 2.05) is 0 Å². The molecule has 1 rings (SSSR count). The highest BCUT2D eigenvalue weighted by Crippen LogP contribution is 2.17. The third-order valence-corrected chi connectivity index (χ3v) is 3.26. The van der Waals surface area contributed by atoms with Crippen LogP contribution >= 0.6 is 0 Å². The van der Waals surface area contributed by atoms with Crippen molar-refractivity contribution in [2.75, 3.05) is 27.2 Å². The van der Waals surface area contributed by atoms with Gasteiger partial charge in [-0.05, 0) is 13.0 Å². The Kier molecular flexibility index (Phi) is 7.13. The predicted molar refractivity (Wildman–Crippen MR) is 83.0 cm³/mol. The lowest BCUT2D eigenvalue weighted by Crippen LogP contribution is -2.46. The molecule has 0 heterocycles. The van der Waals surface area contributed by atoms with Gasteiger partial charge in [-0.2, -0.15) is 13.2 Å². The number of carbonyl (C=O) groups is 1. The zero-order valence-corrected chi connectivity index (χ0v) is 13.9. The van der Waals surface area contributed by atoms with Gasteiger partial charge >= 0.3 is 6.18 Å². The number of amides is 1. The van der Waals surface area contributed by atoms with Gasteiger partial charge < -0.3 is 15.5 Å². The first-order chi connectivity index (χ1) is 11.5. The number of aliphatic imine (C=N–C) groups is 1. The molecule has 5 nitrogen and oxygen atoms in total. The van der Waals surface area contributed by atoms with E-state index in [2.05, 4.69) is 15.6 Å². The fourth-order valence-corrected chi connectivity index (χ4v) is 1.98. The zero-order chi connectivity index (χ0) is 19.2. The molecule has 0 aliphatic rings. The molecule has 0 spiro atoms. The fraction of sp³-hybridized carbons (Fsp3) is 0.467. The van der Waals surface area contributed by atoms with Crippen LogP contribution in [0, 0.1) is 11.6 Å². The molecular weight excluding hydrogens is 347 g/mol. The van der Waals surface area contributed by atoms with Crippen molar-refractivity contribution in [1.29, 1.82) is 0 Å². The Morgan fingerprint density at radius 2 is 1.96 bits per heavy atom. The number of carbonyl (C=O) groups excluding carboxylic acids is 1. The summed E-state index contributed by atoms with van der Waals surface area (Å²) < 4.78 is 63.4. The molecule has 0 aliphatic heterocycles. The average molecular weight is 366 g/mol. The fourth-order valence-electron chi connectivity index (χ4n) is 1.98. The molecule has 25 heavy (non-hydrogen) atoms. The molecule has 0 radical (unpaired) electrons. The van der Waals surface area contributed by atoms with Crippen LogP contribution in [0.25, 0.3) is 0 Å². The van der Waals surface area contributed by atoms with Gasteiger partial charge in [0.1, 0.15) is 18.2 Å². The monoisotopic (exact) mass is 366 g/mol. The summed E-state index contributed by atoms with van der Waals surface area (Å²) in [5.74, 6) is -2.17. The smallest absolute Gasteiger partial charge is 0.350 e. The zero-order valence-electron chi connectivity index (χ0n) is 13.9. The quantitative estimate of drug-likeness (QED) is 0.477. The van der Waals surface area contributed by atoms with E-state index in [1.165, 1.54) is 13.1 Å². The maximum Gasteiger partial charge on any atom is 0.406 e. The second-order valence-corrected chi connectivity index (χ2v) is 5.32. The summed E-state index contributed by atoms with van der Waals surface area (Å²) in [5, 5.41) is 5.32. The Bertz CT molecular complexity index is 633. The normalized spacial score (nSPS) is 13.4. The lowest BCUT2D eigenvalue weighted by Gasteiger charge is -2.21. The van der Waals surface area contributed by atoms with Crippen molar-refractivity contribution in [3.05, 3.63) is 35.4 Å². The summed E-state index contributed by atoms with van der Waals surface area (Å²) in [6, 6.07) is 2.48. The molecule has 1 amide bonds. The van der Waals surface area contributed by atoms with Gasteiger partial charge in [-0.25, -0.2) is 8.78 Å². The topological polar surface area (TPSA) is 56.7 Å². The largest absolute Gasteiger partial charge is 0.406 e. The van der Waals surface area contributed by atoms with E-state index < -0.39 is 42.8 Å². The number of alkyl halides is 3. The molecule has 0 saturated heterocycles. The van der Waals surface area contributed by atoms with E-state index in [0.29, 0.717) is 4.90 Å². The van der Waals surface area contributed by atoms with Crippen molar-refractivity contribution >= 4 is 11.9 Å². The van der Waals surface area contributed by atoms with Gasteiger partial charge in [0.05, 0.1) is 12.6 Å². The number of nitrogens with zero attached hydrogens (tertiary/aromatic N) is 2. The lowest BCUT2D eigenvalue weighted by molar-refractivity contribution is -0.157. The minimum atomic E-state index is -4.49. The van der Waals surface area contributed by atoms with Crippen LogP contribution in [-0.4, -0.2) is 50.1 Å². The van der Waals surface area contributed by atoms with Crippen LogP contribution in [-0.2, 0) is 4.79 Å². The van der Waals surface area contributed by atoms with Crippen LogP contribution in [0.15, 0.2) is 23.2 Å². The van der Waals surface area contributed by atoms with Crippen molar-refractivity contribution in [3.8, 4) is 0 Å². The standard InChI is InChI=1S/C15H19F5N4O/c1-9(11-5-4-10(16)6-12(11)17)23-14(21-2)22-7-13(25)24(3)8-15(18,19)20/h4-6,9H,7-8H2,1-3H3,(H2,21,22,23). The summed E-state index contributed by atoms with van der Waals surface area (Å²) in [5.41, 5.74) is 0.171. The molecule has 0 bridgehead atoms. The molecule has 0 aromatic heterocycles. The summed E-state index contributed by atoms with van der Waals surface area (Å²) in [6.45, 7) is -0.206. The molecule has 1 unspecified atom stereocenters. The first-order valence-corrected chi connectivity index (χ1v) is 7.26. The Morgan fingerprint density at radius 3 is 2.48 bits per heavy atom. The number of hydrogen-bond acceptors (Lipinski definition) is 2. The van der Waals surface area contributed by atoms with Crippen LogP contribution < -0.4 is 10.6 Å². The second kappa shape index (κ2) is 8.63. The van der Waals surface area contributed by atoms with Crippen LogP contribution in [0.4, 0.5) is 22.0 Å². The molecule has 0 aliphatic carbocycles.